The Morgan fingerprint density at radius 1 is 1.06 bits per heavy atom. The molecule has 6 heteroatoms. The molecule has 0 bridgehead atoms. The van der Waals surface area contributed by atoms with Crippen LogP contribution in [0.5, 0.6) is 0 Å². The average molecular weight is 276 g/mol. The fraction of sp³-hybridized carbons (Fsp3) is 0.833. The van der Waals surface area contributed by atoms with Crippen molar-refractivity contribution in [3.63, 3.8) is 0 Å². The lowest BCUT2D eigenvalue weighted by atomic mass is 9.94. The molecule has 0 aromatic carbocycles. The van der Waals surface area contributed by atoms with E-state index >= 15 is 0 Å². The Bertz CT molecular complexity index is 289. The third-order valence-corrected chi connectivity index (χ3v) is 3.32. The molecule has 0 radical (unpaired) electrons. The smallest absolute Gasteiger partial charge is 0.239 e. The molecule has 3 N–H and O–H groups in total. The van der Waals surface area contributed by atoms with Crippen LogP contribution in [0.4, 0.5) is 0 Å². The Morgan fingerprint density at radius 2 is 1.72 bits per heavy atom. The number of hydrogen-bond acceptors (Lipinski definition) is 3. The summed E-state index contributed by atoms with van der Waals surface area (Å²) in [5, 5.41) is 8.81. The summed E-state index contributed by atoms with van der Waals surface area (Å²) in [7, 11) is 0. The number of piperidine rings is 1. The van der Waals surface area contributed by atoms with Crippen LogP contribution < -0.4 is 16.0 Å². The Hall–Kier alpha value is -0.810. The molecule has 2 rings (SSSR count). The third kappa shape index (κ3) is 5.69. The van der Waals surface area contributed by atoms with E-state index in [2.05, 4.69) is 16.0 Å². The summed E-state index contributed by atoms with van der Waals surface area (Å²) >= 11 is 0. The van der Waals surface area contributed by atoms with Crippen molar-refractivity contribution in [2.24, 2.45) is 5.92 Å². The average Bonchev–Trinajstić information content (AvgIpc) is 3.12. The van der Waals surface area contributed by atoms with Crippen LogP contribution in [0.3, 0.4) is 0 Å². The summed E-state index contributed by atoms with van der Waals surface area (Å²) < 4.78 is 0. The normalized spacial score (nSPS) is 19.8. The van der Waals surface area contributed by atoms with Gasteiger partial charge in [0.15, 0.2) is 0 Å². The van der Waals surface area contributed by atoms with Gasteiger partial charge in [0.2, 0.25) is 11.8 Å². The molecule has 1 saturated carbocycles. The summed E-state index contributed by atoms with van der Waals surface area (Å²) in [5.41, 5.74) is 0. The van der Waals surface area contributed by atoms with E-state index in [1.165, 1.54) is 0 Å². The second-order valence-electron chi connectivity index (χ2n) is 5.02. The molecule has 0 aromatic heterocycles. The number of hydrogen-bond donors (Lipinski definition) is 3. The Balaban J connectivity index is 0.00000162. The molecular weight excluding hydrogens is 254 g/mol. The van der Waals surface area contributed by atoms with Crippen LogP contribution in [0.25, 0.3) is 0 Å². The van der Waals surface area contributed by atoms with Crippen molar-refractivity contribution in [3.05, 3.63) is 0 Å². The van der Waals surface area contributed by atoms with Crippen molar-refractivity contribution in [1.82, 2.24) is 16.0 Å². The van der Waals surface area contributed by atoms with E-state index in [1.54, 1.807) is 0 Å². The molecule has 1 aliphatic heterocycles. The van der Waals surface area contributed by atoms with Crippen LogP contribution >= 0.6 is 12.4 Å². The largest absolute Gasteiger partial charge is 0.352 e. The summed E-state index contributed by atoms with van der Waals surface area (Å²) in [6.45, 7) is 2.13. The maximum absolute atomic E-state index is 11.6. The van der Waals surface area contributed by atoms with Crippen molar-refractivity contribution in [2.75, 3.05) is 19.6 Å². The topological polar surface area (TPSA) is 70.2 Å². The fourth-order valence-corrected chi connectivity index (χ4v) is 2.11. The molecule has 1 saturated heterocycles. The lowest BCUT2D eigenvalue weighted by Crippen LogP contribution is -2.39. The number of carbonyl (C=O) groups excluding carboxylic acids is 2. The standard InChI is InChI=1S/C12H21N3O2.ClH/c16-11(7-9-3-5-13-6-4-9)14-8-12(17)15-10-1-2-10;/h9-10,13H,1-8H2,(H,14,16)(H,15,17);1H. The quantitative estimate of drug-likeness (QED) is 0.671. The van der Waals surface area contributed by atoms with Crippen molar-refractivity contribution < 1.29 is 9.59 Å². The molecular formula is C12H22ClN3O2. The maximum Gasteiger partial charge on any atom is 0.239 e. The molecule has 18 heavy (non-hydrogen) atoms. The minimum Gasteiger partial charge on any atom is -0.352 e. The fourth-order valence-electron chi connectivity index (χ4n) is 2.11. The number of amides is 2. The monoisotopic (exact) mass is 275 g/mol. The van der Waals surface area contributed by atoms with Crippen LogP contribution in [0, 0.1) is 5.92 Å². The minimum atomic E-state index is -0.0637. The molecule has 1 heterocycles. The zero-order valence-electron chi connectivity index (χ0n) is 10.5. The Labute approximate surface area is 114 Å². The minimum absolute atomic E-state index is 0. The van der Waals surface area contributed by atoms with Gasteiger partial charge in [0.05, 0.1) is 6.54 Å². The van der Waals surface area contributed by atoms with Gasteiger partial charge in [-0.3, -0.25) is 9.59 Å². The van der Waals surface area contributed by atoms with Crippen molar-refractivity contribution in [3.8, 4) is 0 Å². The number of carbonyl (C=O) groups is 2. The highest BCUT2D eigenvalue weighted by Crippen LogP contribution is 2.18. The van der Waals surface area contributed by atoms with Crippen molar-refractivity contribution in [2.45, 2.75) is 38.1 Å². The summed E-state index contributed by atoms with van der Waals surface area (Å²) in [6, 6.07) is 0.365. The van der Waals surface area contributed by atoms with Crippen LogP contribution in [0.2, 0.25) is 0 Å². The van der Waals surface area contributed by atoms with E-state index < -0.39 is 0 Å². The van der Waals surface area contributed by atoms with Crippen LogP contribution in [-0.2, 0) is 9.59 Å². The van der Waals surface area contributed by atoms with Crippen LogP contribution in [0.1, 0.15) is 32.1 Å². The van der Waals surface area contributed by atoms with E-state index in [0.29, 0.717) is 18.4 Å². The predicted molar refractivity (Wildman–Crippen MR) is 71.6 cm³/mol. The molecule has 5 nitrogen and oxygen atoms in total. The Kier molecular flexibility index (Phi) is 6.43. The number of rotatable bonds is 5. The second kappa shape index (κ2) is 7.59. The first-order valence-electron chi connectivity index (χ1n) is 6.51. The van der Waals surface area contributed by atoms with Gasteiger partial charge in [-0.15, -0.1) is 12.4 Å². The van der Waals surface area contributed by atoms with Gasteiger partial charge in [-0.25, -0.2) is 0 Å². The van der Waals surface area contributed by atoms with Gasteiger partial charge in [0, 0.05) is 12.5 Å². The lowest BCUT2D eigenvalue weighted by Gasteiger charge is -2.21. The summed E-state index contributed by atoms with van der Waals surface area (Å²) in [5.74, 6) is 0.414. The maximum atomic E-state index is 11.6. The first kappa shape index (κ1) is 15.2. The highest BCUT2D eigenvalue weighted by molar-refractivity contribution is 5.85. The van der Waals surface area contributed by atoms with Gasteiger partial charge < -0.3 is 16.0 Å². The van der Waals surface area contributed by atoms with E-state index in [1.807, 2.05) is 0 Å². The number of nitrogens with one attached hydrogen (secondary N) is 3. The van der Waals surface area contributed by atoms with Gasteiger partial charge >= 0.3 is 0 Å². The molecule has 104 valence electrons. The number of halogens is 1. The molecule has 0 aromatic rings. The zero-order valence-corrected chi connectivity index (χ0v) is 11.4. The first-order chi connectivity index (χ1) is 8.24. The highest BCUT2D eigenvalue weighted by Gasteiger charge is 2.23. The van der Waals surface area contributed by atoms with Crippen LogP contribution in [0.15, 0.2) is 0 Å². The predicted octanol–water partition coefficient (Wildman–Crippen LogP) is 0.193. The van der Waals surface area contributed by atoms with Gasteiger partial charge in [0.25, 0.3) is 0 Å². The molecule has 2 amide bonds. The van der Waals surface area contributed by atoms with Crippen molar-refractivity contribution in [1.29, 1.82) is 0 Å². The van der Waals surface area contributed by atoms with Gasteiger partial charge in [0.1, 0.15) is 0 Å². The molecule has 0 unspecified atom stereocenters. The third-order valence-electron chi connectivity index (χ3n) is 3.32. The Morgan fingerprint density at radius 3 is 2.33 bits per heavy atom. The van der Waals surface area contributed by atoms with E-state index in [9.17, 15) is 9.59 Å². The van der Waals surface area contributed by atoms with Gasteiger partial charge in [-0.2, -0.15) is 0 Å². The van der Waals surface area contributed by atoms with Gasteiger partial charge in [-0.1, -0.05) is 0 Å². The molecule has 1 aliphatic carbocycles. The van der Waals surface area contributed by atoms with Gasteiger partial charge in [-0.05, 0) is 44.7 Å². The molecule has 0 spiro atoms. The molecule has 0 atom stereocenters. The highest BCUT2D eigenvalue weighted by atomic mass is 35.5. The van der Waals surface area contributed by atoms with Crippen molar-refractivity contribution >= 4 is 24.2 Å². The zero-order chi connectivity index (χ0) is 12.1. The summed E-state index contributed by atoms with van der Waals surface area (Å²) in [4.78, 5) is 23.0. The summed E-state index contributed by atoms with van der Waals surface area (Å²) in [6.07, 6.45) is 4.82. The second-order valence-corrected chi connectivity index (χ2v) is 5.02. The molecule has 2 aliphatic rings. The van der Waals surface area contributed by atoms with E-state index in [0.717, 1.165) is 38.8 Å². The lowest BCUT2D eigenvalue weighted by molar-refractivity contribution is -0.126. The SMILES string of the molecule is Cl.O=C(CC1CCNCC1)NCC(=O)NC1CC1. The van der Waals surface area contributed by atoms with Crippen LogP contribution in [-0.4, -0.2) is 37.5 Å². The first-order valence-corrected chi connectivity index (χ1v) is 6.51. The van der Waals surface area contributed by atoms with E-state index in [-0.39, 0.29) is 30.8 Å². The molecule has 2 fully saturated rings. The van der Waals surface area contributed by atoms with E-state index in [4.69, 9.17) is 0 Å².